The van der Waals surface area contributed by atoms with Gasteiger partial charge in [-0.2, -0.15) is 0 Å². The number of urea groups is 3. The smallest absolute Gasteiger partial charge is 0.332 e. The SMILES string of the molecule is C[C@@]1(c2ccccc2)N(c2ccc(Cl)cc2)C(=O)N(c2ccc(Cl)cc2)[C@@]1(O)c1ccccc1.C[C@@]1(c2ccccc2)N(c2ccc(Cl)cc2)C(=O)N(c2ccc(Cl)cc2)[C@]1(O)c1ccccc1.C[C@]1(c2ccccc2)N(c2ccc(Cl)cc2)C(=O)N(c2ccc(Cl)cc2)[C@]1(O)c1ccccc1. The molecule has 12 aromatic rings. The molecular formula is C84H66Cl6N6O6. The molecule has 12 aromatic carbocycles. The molecule has 12 nitrogen and oxygen atoms in total. The van der Waals surface area contributed by atoms with E-state index in [0.717, 1.165) is 16.7 Å². The van der Waals surface area contributed by atoms with Crippen molar-refractivity contribution in [1.82, 2.24) is 0 Å². The molecule has 0 unspecified atom stereocenters. The Kier molecular flexibility index (Phi) is 19.7. The summed E-state index contributed by atoms with van der Waals surface area (Å²) >= 11 is 36.9. The van der Waals surface area contributed by atoms with Gasteiger partial charge in [-0.15, -0.1) is 0 Å². The first-order chi connectivity index (χ1) is 49.1. The Balaban J connectivity index is 0.000000137. The number of carbonyl (C=O) groups is 3. The number of hydrogen-bond acceptors (Lipinski definition) is 6. The fraction of sp³-hybridized carbons (Fsp3) is 0.107. The van der Waals surface area contributed by atoms with Crippen molar-refractivity contribution >= 4 is 122 Å². The molecular weight excluding hydrogens is 1400 g/mol. The third kappa shape index (κ3) is 11.9. The van der Waals surface area contributed by atoms with Crippen LogP contribution in [0.1, 0.15) is 54.2 Å². The maximum atomic E-state index is 14.3. The van der Waals surface area contributed by atoms with Crippen LogP contribution >= 0.6 is 69.6 Å². The van der Waals surface area contributed by atoms with E-state index in [2.05, 4.69) is 0 Å². The van der Waals surface area contributed by atoms with E-state index >= 15 is 0 Å². The Morgan fingerprint density at radius 3 is 0.500 bits per heavy atom. The Bertz CT molecular complexity index is 4130. The molecule has 15 rings (SSSR count). The number of carbonyl (C=O) groups excluding carboxylic acids is 3. The topological polar surface area (TPSA) is 131 Å². The van der Waals surface area contributed by atoms with Crippen molar-refractivity contribution in [3.05, 3.63) is 391 Å². The first-order valence-corrected chi connectivity index (χ1v) is 34.9. The van der Waals surface area contributed by atoms with Crippen molar-refractivity contribution < 1.29 is 29.7 Å². The van der Waals surface area contributed by atoms with Gasteiger partial charge >= 0.3 is 18.1 Å². The van der Waals surface area contributed by atoms with Gasteiger partial charge in [0.1, 0.15) is 16.6 Å². The maximum absolute atomic E-state index is 14.3. The average Bonchev–Trinajstić information content (AvgIpc) is 1.53. The number of halogens is 6. The summed E-state index contributed by atoms with van der Waals surface area (Å²) in [6.45, 7) is 5.66. The van der Waals surface area contributed by atoms with Gasteiger partial charge in [-0.25, -0.2) is 14.4 Å². The third-order valence-corrected chi connectivity index (χ3v) is 21.1. The van der Waals surface area contributed by atoms with Crippen LogP contribution in [-0.4, -0.2) is 33.4 Å². The quantitative estimate of drug-likeness (QED) is 0.112. The molecule has 0 radical (unpaired) electrons. The molecule has 3 aliphatic rings. The highest BCUT2D eigenvalue weighted by Gasteiger charge is 2.70. The molecule has 6 atom stereocenters. The Morgan fingerprint density at radius 1 is 0.206 bits per heavy atom. The van der Waals surface area contributed by atoms with Gasteiger partial charge in [0, 0.05) is 81.0 Å². The van der Waals surface area contributed by atoms with Gasteiger partial charge in [0.2, 0.25) is 17.2 Å². The highest BCUT2D eigenvalue weighted by atomic mass is 35.5. The second kappa shape index (κ2) is 28.5. The number of anilines is 6. The zero-order valence-electron chi connectivity index (χ0n) is 55.2. The van der Waals surface area contributed by atoms with Crippen molar-refractivity contribution in [1.29, 1.82) is 0 Å². The van der Waals surface area contributed by atoms with E-state index in [1.54, 1.807) is 160 Å². The maximum Gasteiger partial charge on any atom is 0.332 e. The lowest BCUT2D eigenvalue weighted by atomic mass is 9.76. The van der Waals surface area contributed by atoms with E-state index in [4.69, 9.17) is 69.6 Å². The van der Waals surface area contributed by atoms with Crippen LogP contribution in [0.25, 0.3) is 0 Å². The molecule has 6 amide bonds. The van der Waals surface area contributed by atoms with E-state index in [1.807, 2.05) is 203 Å². The van der Waals surface area contributed by atoms with E-state index in [-0.39, 0.29) is 18.1 Å². The Labute approximate surface area is 622 Å². The highest BCUT2D eigenvalue weighted by Crippen LogP contribution is 2.59. The van der Waals surface area contributed by atoms with Gasteiger partial charge in [-0.1, -0.05) is 252 Å². The first-order valence-electron chi connectivity index (χ1n) is 32.6. The molecule has 0 bridgehead atoms. The van der Waals surface area contributed by atoms with E-state index in [0.29, 0.717) is 81.0 Å². The molecule has 3 saturated heterocycles. The number of rotatable bonds is 12. The predicted molar refractivity (Wildman–Crippen MR) is 412 cm³/mol. The van der Waals surface area contributed by atoms with Gasteiger partial charge in [0.15, 0.2) is 0 Å². The minimum absolute atomic E-state index is 0.373. The third-order valence-electron chi connectivity index (χ3n) is 19.5. The molecule has 102 heavy (non-hydrogen) atoms. The molecule has 3 fully saturated rings. The second-order valence-electron chi connectivity index (χ2n) is 25.1. The molecule has 0 saturated carbocycles. The molecule has 18 heteroatoms. The molecule has 0 aliphatic carbocycles. The standard InChI is InChI=1S/3C28H22Cl2N2O2/c3*1-27(20-8-4-2-5-9-20)28(34,21-10-6-3-7-11-21)32(25-18-14-23(30)15-19-25)26(33)31(27)24-16-12-22(29)13-17-24/h3*2-19,34H,1H3/t2*27-,28+;27-,28-/m100/s1. The van der Waals surface area contributed by atoms with Crippen LogP contribution in [0.15, 0.2) is 328 Å². The Hall–Kier alpha value is -9.93. The molecule has 3 aliphatic heterocycles. The second-order valence-corrected chi connectivity index (χ2v) is 27.8. The lowest BCUT2D eigenvalue weighted by Crippen LogP contribution is -2.56. The predicted octanol–water partition coefficient (Wildman–Crippen LogP) is 21.6. The van der Waals surface area contributed by atoms with Gasteiger partial charge in [-0.3, -0.25) is 29.4 Å². The van der Waals surface area contributed by atoms with Crippen molar-refractivity contribution in [2.24, 2.45) is 0 Å². The molecule has 3 heterocycles. The number of nitrogens with zero attached hydrogens (tertiary/aromatic N) is 6. The van der Waals surface area contributed by atoms with Crippen LogP contribution in [0, 0.1) is 0 Å². The van der Waals surface area contributed by atoms with Gasteiger partial charge < -0.3 is 15.3 Å². The van der Waals surface area contributed by atoms with Crippen molar-refractivity contribution in [3.8, 4) is 0 Å². The number of benzene rings is 12. The lowest BCUT2D eigenvalue weighted by Gasteiger charge is -2.45. The molecule has 510 valence electrons. The van der Waals surface area contributed by atoms with Crippen molar-refractivity contribution in [3.63, 3.8) is 0 Å². The normalized spacial score (nSPS) is 22.3. The summed E-state index contributed by atoms with van der Waals surface area (Å²) in [5.41, 5.74) is -1.39. The zero-order valence-corrected chi connectivity index (χ0v) is 59.7. The average molecular weight is 1470 g/mol. The lowest BCUT2D eigenvalue weighted by molar-refractivity contribution is -0.0127. The summed E-state index contributed by atoms with van der Waals surface area (Å²) in [7, 11) is 0. The monoisotopic (exact) mass is 1460 g/mol. The van der Waals surface area contributed by atoms with Crippen LogP contribution < -0.4 is 29.4 Å². The van der Waals surface area contributed by atoms with Gasteiger partial charge in [0.25, 0.3) is 0 Å². The van der Waals surface area contributed by atoms with Crippen LogP contribution in [-0.2, 0) is 33.8 Å². The summed E-state index contributed by atoms with van der Waals surface area (Å²) in [6, 6.07) is 97.3. The summed E-state index contributed by atoms with van der Waals surface area (Å²) in [6.07, 6.45) is 0. The number of amides is 6. The summed E-state index contributed by atoms with van der Waals surface area (Å²) in [4.78, 5) is 52.1. The molecule has 0 aromatic heterocycles. The van der Waals surface area contributed by atoms with Crippen LogP contribution in [0.3, 0.4) is 0 Å². The zero-order chi connectivity index (χ0) is 71.8. The van der Waals surface area contributed by atoms with Crippen LogP contribution in [0.5, 0.6) is 0 Å². The van der Waals surface area contributed by atoms with Crippen LogP contribution in [0.4, 0.5) is 48.5 Å². The summed E-state index contributed by atoms with van der Waals surface area (Å²) < 4.78 is 0. The number of aliphatic hydroxyl groups is 3. The van der Waals surface area contributed by atoms with Crippen molar-refractivity contribution in [2.75, 3.05) is 29.4 Å². The molecule has 0 spiro atoms. The Morgan fingerprint density at radius 2 is 0.343 bits per heavy atom. The van der Waals surface area contributed by atoms with Crippen molar-refractivity contribution in [2.45, 2.75) is 54.6 Å². The number of hydrogen-bond donors (Lipinski definition) is 3. The highest BCUT2D eigenvalue weighted by molar-refractivity contribution is 6.32. The van der Waals surface area contributed by atoms with E-state index in [9.17, 15) is 29.7 Å². The first kappa shape index (κ1) is 70.5. The van der Waals surface area contributed by atoms with Gasteiger partial charge in [0.05, 0.1) is 0 Å². The van der Waals surface area contributed by atoms with E-state index < -0.39 is 33.8 Å². The largest absolute Gasteiger partial charge is 0.364 e. The van der Waals surface area contributed by atoms with E-state index in [1.165, 1.54) is 14.7 Å². The molecule has 3 N–H and O–H groups in total. The fourth-order valence-electron chi connectivity index (χ4n) is 14.5. The minimum atomic E-state index is -1.76. The summed E-state index contributed by atoms with van der Waals surface area (Å²) in [5, 5.41) is 41.6. The van der Waals surface area contributed by atoms with Gasteiger partial charge in [-0.05, 0) is 183 Å². The fourth-order valence-corrected chi connectivity index (χ4v) is 15.2. The minimum Gasteiger partial charge on any atom is -0.364 e. The summed E-state index contributed by atoms with van der Waals surface area (Å²) in [5.74, 6) is 0. The van der Waals surface area contributed by atoms with Crippen LogP contribution in [0.2, 0.25) is 30.1 Å².